The fourth-order valence-electron chi connectivity index (χ4n) is 3.14. The second kappa shape index (κ2) is 8.31. The predicted octanol–water partition coefficient (Wildman–Crippen LogP) is 3.66. The summed E-state index contributed by atoms with van der Waals surface area (Å²) in [5.74, 6) is -1.86. The number of nitrogens with zero attached hydrogens (tertiary/aromatic N) is 1. The third kappa shape index (κ3) is 4.54. The summed E-state index contributed by atoms with van der Waals surface area (Å²) in [5.41, 5.74) is 4.60. The Morgan fingerprint density at radius 3 is 2.07 bits per heavy atom. The Balaban J connectivity index is 2.23. The second-order valence-electron chi connectivity index (χ2n) is 7.60. The van der Waals surface area contributed by atoms with Crippen LogP contribution in [0.2, 0.25) is 0 Å². The Hall–Kier alpha value is -3.41. The molecule has 1 aliphatic heterocycles. The smallest absolute Gasteiger partial charge is 0.355 e. The average Bonchev–Trinajstić information content (AvgIpc) is 2.72. The van der Waals surface area contributed by atoms with E-state index < -0.39 is 23.5 Å². The molecule has 1 aliphatic rings. The van der Waals surface area contributed by atoms with Gasteiger partial charge in [-0.2, -0.15) is 5.10 Å². The Morgan fingerprint density at radius 2 is 1.52 bits per heavy atom. The van der Waals surface area contributed by atoms with Crippen LogP contribution in [-0.2, 0) is 19.1 Å². The summed E-state index contributed by atoms with van der Waals surface area (Å²) in [6.45, 7) is 5.41. The summed E-state index contributed by atoms with van der Waals surface area (Å²) in [5, 5.41) is 4.27. The van der Waals surface area contributed by atoms with Crippen LogP contribution in [0.1, 0.15) is 37.8 Å². The number of benzene rings is 2. The molecule has 150 valence electrons. The molecule has 0 fully saturated rings. The van der Waals surface area contributed by atoms with E-state index in [1.165, 1.54) is 7.11 Å². The number of carbonyl (C=O) groups excluding carboxylic acids is 2. The number of carbonyl (C=O) groups is 2. The first-order chi connectivity index (χ1) is 13.8. The minimum atomic E-state index is -0.727. The fourth-order valence-corrected chi connectivity index (χ4v) is 3.14. The highest BCUT2D eigenvalue weighted by atomic mass is 16.6. The van der Waals surface area contributed by atoms with Gasteiger partial charge in [0.1, 0.15) is 5.60 Å². The summed E-state index contributed by atoms with van der Waals surface area (Å²) in [7, 11) is 1.29. The quantitative estimate of drug-likeness (QED) is 0.804. The topological polar surface area (TPSA) is 77.0 Å². The van der Waals surface area contributed by atoms with E-state index in [-0.39, 0.29) is 5.71 Å². The van der Waals surface area contributed by atoms with Crippen molar-refractivity contribution < 1.29 is 19.1 Å². The number of nitrogens with one attached hydrogen (secondary N) is 1. The molecule has 3 rings (SSSR count). The molecule has 0 aromatic heterocycles. The van der Waals surface area contributed by atoms with Crippen LogP contribution in [0.4, 0.5) is 0 Å². The van der Waals surface area contributed by atoms with Crippen molar-refractivity contribution in [3.63, 3.8) is 0 Å². The molecule has 1 atom stereocenters. The molecule has 0 bridgehead atoms. The SMILES string of the molecule is COC(=O)C1=NNC(c2ccccc2)=C(C(=O)OC(C)(C)C)C1c1ccccc1. The maximum absolute atomic E-state index is 13.3. The molecule has 1 heterocycles. The maximum Gasteiger partial charge on any atom is 0.355 e. The monoisotopic (exact) mass is 392 g/mol. The van der Waals surface area contributed by atoms with Crippen molar-refractivity contribution in [2.45, 2.75) is 32.3 Å². The molecule has 0 saturated heterocycles. The zero-order valence-corrected chi connectivity index (χ0v) is 16.9. The summed E-state index contributed by atoms with van der Waals surface area (Å²) in [6, 6.07) is 18.6. The van der Waals surface area contributed by atoms with Crippen LogP contribution in [0, 0.1) is 0 Å². The van der Waals surface area contributed by atoms with Gasteiger partial charge in [-0.3, -0.25) is 5.43 Å². The minimum absolute atomic E-state index is 0.0965. The van der Waals surface area contributed by atoms with Gasteiger partial charge < -0.3 is 9.47 Å². The van der Waals surface area contributed by atoms with Crippen LogP contribution in [0.3, 0.4) is 0 Å². The summed E-state index contributed by atoms with van der Waals surface area (Å²) >= 11 is 0. The van der Waals surface area contributed by atoms with E-state index in [0.29, 0.717) is 11.3 Å². The number of hydrogen-bond donors (Lipinski definition) is 1. The molecule has 0 saturated carbocycles. The van der Waals surface area contributed by atoms with E-state index in [2.05, 4.69) is 10.5 Å². The average molecular weight is 392 g/mol. The van der Waals surface area contributed by atoms with Crippen LogP contribution < -0.4 is 5.43 Å². The standard InChI is InChI=1S/C23H24N2O4/c1-23(2,3)29-21(26)18-17(15-11-7-5-8-12-15)20(22(27)28-4)25-24-19(18)16-13-9-6-10-14-16/h5-14,17,24H,1-4H3. The number of rotatable bonds is 4. The molecule has 0 amide bonds. The lowest BCUT2D eigenvalue weighted by molar-refractivity contribution is -0.150. The summed E-state index contributed by atoms with van der Waals surface area (Å²) in [6.07, 6.45) is 0. The van der Waals surface area contributed by atoms with Crippen LogP contribution in [-0.4, -0.2) is 30.4 Å². The molecule has 0 radical (unpaired) electrons. The number of hydrogen-bond acceptors (Lipinski definition) is 6. The van der Waals surface area contributed by atoms with Crippen molar-refractivity contribution in [1.29, 1.82) is 0 Å². The molecule has 0 spiro atoms. The third-order valence-electron chi connectivity index (χ3n) is 4.33. The molecule has 29 heavy (non-hydrogen) atoms. The van der Waals surface area contributed by atoms with Crippen LogP contribution in [0.25, 0.3) is 5.70 Å². The van der Waals surface area contributed by atoms with Crippen molar-refractivity contribution in [3.05, 3.63) is 77.4 Å². The molecule has 1 N–H and O–H groups in total. The first kappa shape index (κ1) is 20.3. The number of ether oxygens (including phenoxy) is 2. The molecular weight excluding hydrogens is 368 g/mol. The van der Waals surface area contributed by atoms with Crippen LogP contribution in [0.15, 0.2) is 71.3 Å². The van der Waals surface area contributed by atoms with E-state index in [4.69, 9.17) is 9.47 Å². The van der Waals surface area contributed by atoms with E-state index in [1.807, 2.05) is 60.7 Å². The lowest BCUT2D eigenvalue weighted by Crippen LogP contribution is -2.37. The molecule has 2 aromatic rings. The van der Waals surface area contributed by atoms with Gasteiger partial charge in [-0.15, -0.1) is 0 Å². The first-order valence-corrected chi connectivity index (χ1v) is 9.31. The van der Waals surface area contributed by atoms with Gasteiger partial charge in [0.15, 0.2) is 5.71 Å². The fraction of sp³-hybridized carbons (Fsp3) is 0.261. The highest BCUT2D eigenvalue weighted by molar-refractivity contribution is 6.41. The van der Waals surface area contributed by atoms with Crippen molar-refractivity contribution >= 4 is 23.3 Å². The third-order valence-corrected chi connectivity index (χ3v) is 4.33. The Labute approximate surface area is 170 Å². The van der Waals surface area contributed by atoms with E-state index in [0.717, 1.165) is 11.1 Å². The van der Waals surface area contributed by atoms with Crippen LogP contribution in [0.5, 0.6) is 0 Å². The number of hydrazone groups is 1. The first-order valence-electron chi connectivity index (χ1n) is 9.31. The van der Waals surface area contributed by atoms with Crippen LogP contribution >= 0.6 is 0 Å². The van der Waals surface area contributed by atoms with Gasteiger partial charge >= 0.3 is 11.9 Å². The Bertz CT molecular complexity index is 957. The van der Waals surface area contributed by atoms with Gasteiger partial charge in [-0.25, -0.2) is 9.59 Å². The molecule has 6 nitrogen and oxygen atoms in total. The van der Waals surface area contributed by atoms with Gasteiger partial charge in [0.25, 0.3) is 0 Å². The zero-order valence-electron chi connectivity index (χ0n) is 16.9. The van der Waals surface area contributed by atoms with Gasteiger partial charge in [0.2, 0.25) is 0 Å². The van der Waals surface area contributed by atoms with Crippen molar-refractivity contribution in [2.75, 3.05) is 7.11 Å². The van der Waals surface area contributed by atoms with Gasteiger partial charge in [-0.05, 0) is 26.3 Å². The summed E-state index contributed by atoms with van der Waals surface area (Å²) < 4.78 is 10.6. The minimum Gasteiger partial charge on any atom is -0.464 e. The van der Waals surface area contributed by atoms with E-state index >= 15 is 0 Å². The van der Waals surface area contributed by atoms with E-state index in [9.17, 15) is 9.59 Å². The Morgan fingerprint density at radius 1 is 0.931 bits per heavy atom. The zero-order chi connectivity index (χ0) is 21.0. The van der Waals surface area contributed by atoms with Crippen molar-refractivity contribution in [3.8, 4) is 0 Å². The Kier molecular flexibility index (Phi) is 5.82. The molecule has 2 aromatic carbocycles. The van der Waals surface area contributed by atoms with Crippen molar-refractivity contribution in [1.82, 2.24) is 5.43 Å². The predicted molar refractivity (Wildman–Crippen MR) is 111 cm³/mol. The largest absolute Gasteiger partial charge is 0.464 e. The van der Waals surface area contributed by atoms with Gasteiger partial charge in [0.05, 0.1) is 24.3 Å². The van der Waals surface area contributed by atoms with Gasteiger partial charge in [-0.1, -0.05) is 60.7 Å². The normalized spacial score (nSPS) is 16.6. The molecule has 6 heteroatoms. The number of methoxy groups -OCH3 is 1. The second-order valence-corrected chi connectivity index (χ2v) is 7.60. The lowest BCUT2D eigenvalue weighted by atomic mass is 9.83. The molecule has 0 aliphatic carbocycles. The number of esters is 2. The lowest BCUT2D eigenvalue weighted by Gasteiger charge is -2.30. The van der Waals surface area contributed by atoms with E-state index in [1.54, 1.807) is 20.8 Å². The molecular formula is C23H24N2O4. The highest BCUT2D eigenvalue weighted by Gasteiger charge is 2.39. The highest BCUT2D eigenvalue weighted by Crippen LogP contribution is 2.36. The summed E-state index contributed by atoms with van der Waals surface area (Å²) in [4.78, 5) is 25.8. The van der Waals surface area contributed by atoms with Gasteiger partial charge in [0, 0.05) is 5.56 Å². The molecule has 1 unspecified atom stereocenters. The maximum atomic E-state index is 13.3. The van der Waals surface area contributed by atoms with Crippen molar-refractivity contribution in [2.24, 2.45) is 5.10 Å².